The first-order chi connectivity index (χ1) is 14.6. The lowest BCUT2D eigenvalue weighted by Gasteiger charge is -2.16. The van der Waals surface area contributed by atoms with Crippen LogP contribution in [-0.4, -0.2) is 24.7 Å². The number of pyridine rings is 1. The lowest BCUT2D eigenvalue weighted by atomic mass is 9.90. The van der Waals surface area contributed by atoms with Crippen molar-refractivity contribution in [1.82, 2.24) is 4.98 Å². The second-order valence-corrected chi connectivity index (χ2v) is 7.18. The summed E-state index contributed by atoms with van der Waals surface area (Å²) in [6.45, 7) is 2.13. The third-order valence-electron chi connectivity index (χ3n) is 5.31. The summed E-state index contributed by atoms with van der Waals surface area (Å²) >= 11 is 0. The largest absolute Gasteiger partial charge is 0.497 e. The minimum absolute atomic E-state index is 0.219. The molecule has 152 valence electrons. The third kappa shape index (κ3) is 3.66. The van der Waals surface area contributed by atoms with Crippen molar-refractivity contribution in [2.45, 2.75) is 19.3 Å². The number of anilines is 1. The van der Waals surface area contributed by atoms with Crippen LogP contribution >= 0.6 is 0 Å². The van der Waals surface area contributed by atoms with Crippen LogP contribution in [-0.2, 0) is 16.0 Å². The molecule has 0 saturated heterocycles. The highest BCUT2D eigenvalue weighted by molar-refractivity contribution is 6.06. The second-order valence-electron chi connectivity index (χ2n) is 7.18. The number of carbonyl (C=O) groups is 1. The summed E-state index contributed by atoms with van der Waals surface area (Å²) in [5.41, 5.74) is 11.9. The SMILES string of the molecule is CCOC(=O)C1=C(c2ccccc2)c2cc(N)cnc2C1Cc1ccc(OC)cc1. The Balaban J connectivity index is 1.87. The average molecular weight is 400 g/mol. The highest BCUT2D eigenvalue weighted by Gasteiger charge is 2.38. The zero-order valence-electron chi connectivity index (χ0n) is 17.1. The van der Waals surface area contributed by atoms with Crippen molar-refractivity contribution in [3.63, 3.8) is 0 Å². The van der Waals surface area contributed by atoms with Crippen LogP contribution in [0, 0.1) is 0 Å². The smallest absolute Gasteiger partial charge is 0.335 e. The lowest BCUT2D eigenvalue weighted by Crippen LogP contribution is -2.15. The number of nitrogen functional groups attached to an aromatic ring is 1. The quantitative estimate of drug-likeness (QED) is 0.622. The van der Waals surface area contributed by atoms with Crippen molar-refractivity contribution in [2.75, 3.05) is 19.5 Å². The number of rotatable bonds is 6. The molecular weight excluding hydrogens is 376 g/mol. The number of methoxy groups -OCH3 is 1. The first-order valence-electron chi connectivity index (χ1n) is 9.97. The van der Waals surface area contributed by atoms with Crippen molar-refractivity contribution in [2.24, 2.45) is 0 Å². The van der Waals surface area contributed by atoms with Crippen LogP contribution in [0.3, 0.4) is 0 Å². The van der Waals surface area contributed by atoms with Gasteiger partial charge in [-0.15, -0.1) is 0 Å². The molecular formula is C25H24N2O3. The summed E-state index contributed by atoms with van der Waals surface area (Å²) in [5.74, 6) is 0.261. The molecule has 0 fully saturated rings. The van der Waals surface area contributed by atoms with Gasteiger partial charge in [0.05, 0.1) is 36.9 Å². The molecule has 1 unspecified atom stereocenters. The van der Waals surface area contributed by atoms with E-state index in [0.717, 1.165) is 33.7 Å². The minimum atomic E-state index is -0.313. The molecule has 0 saturated carbocycles. The van der Waals surface area contributed by atoms with E-state index in [-0.39, 0.29) is 11.9 Å². The van der Waals surface area contributed by atoms with Gasteiger partial charge in [0.25, 0.3) is 0 Å². The number of esters is 1. The molecule has 3 aromatic rings. The molecule has 5 heteroatoms. The molecule has 0 bridgehead atoms. The Kier molecular flexibility index (Phi) is 5.53. The molecule has 1 aromatic heterocycles. The summed E-state index contributed by atoms with van der Waals surface area (Å²) in [6, 6.07) is 19.6. The van der Waals surface area contributed by atoms with E-state index in [2.05, 4.69) is 4.98 Å². The lowest BCUT2D eigenvalue weighted by molar-refractivity contribution is -0.138. The highest BCUT2D eigenvalue weighted by Crippen LogP contribution is 2.46. The first kappa shape index (κ1) is 19.7. The Morgan fingerprint density at radius 2 is 1.83 bits per heavy atom. The van der Waals surface area contributed by atoms with Gasteiger partial charge < -0.3 is 15.2 Å². The van der Waals surface area contributed by atoms with E-state index in [0.29, 0.717) is 24.3 Å². The number of nitrogens with two attached hydrogens (primary N) is 1. The van der Waals surface area contributed by atoms with E-state index in [1.165, 1.54) is 0 Å². The minimum Gasteiger partial charge on any atom is -0.497 e. The van der Waals surface area contributed by atoms with E-state index < -0.39 is 0 Å². The number of carbonyl (C=O) groups excluding carboxylic acids is 1. The van der Waals surface area contributed by atoms with Crippen molar-refractivity contribution in [3.05, 3.63) is 94.8 Å². The van der Waals surface area contributed by atoms with E-state index in [9.17, 15) is 4.79 Å². The standard InChI is InChI=1S/C25H24N2O3/c1-3-30-25(28)23-20(13-16-9-11-19(29-2)12-10-16)24-21(14-18(26)15-27-24)22(23)17-7-5-4-6-8-17/h4-12,14-15,20H,3,13,26H2,1-2H3. The molecule has 0 amide bonds. The number of hydrogen-bond donors (Lipinski definition) is 1. The zero-order valence-corrected chi connectivity index (χ0v) is 17.1. The van der Waals surface area contributed by atoms with Crippen LogP contribution in [0.1, 0.15) is 35.2 Å². The molecule has 1 aliphatic carbocycles. The Labute approximate surface area is 176 Å². The van der Waals surface area contributed by atoms with Crippen LogP contribution in [0.5, 0.6) is 5.75 Å². The summed E-state index contributed by atoms with van der Waals surface area (Å²) in [7, 11) is 1.64. The Hall–Kier alpha value is -3.60. The van der Waals surface area contributed by atoms with Crippen LogP contribution in [0.25, 0.3) is 5.57 Å². The van der Waals surface area contributed by atoms with Gasteiger partial charge in [0.1, 0.15) is 5.75 Å². The molecule has 1 atom stereocenters. The van der Waals surface area contributed by atoms with Crippen molar-refractivity contribution < 1.29 is 14.3 Å². The fourth-order valence-electron chi connectivity index (χ4n) is 3.99. The summed E-state index contributed by atoms with van der Waals surface area (Å²) in [4.78, 5) is 17.8. The fourth-order valence-corrected chi connectivity index (χ4v) is 3.99. The van der Waals surface area contributed by atoms with Crippen LogP contribution in [0.15, 0.2) is 72.4 Å². The molecule has 30 heavy (non-hydrogen) atoms. The summed E-state index contributed by atoms with van der Waals surface area (Å²) in [6.07, 6.45) is 2.27. The average Bonchev–Trinajstić information content (AvgIpc) is 3.08. The number of aromatic nitrogens is 1. The molecule has 0 radical (unpaired) electrons. The van der Waals surface area contributed by atoms with Gasteiger partial charge in [-0.1, -0.05) is 42.5 Å². The number of benzene rings is 2. The normalized spacial score (nSPS) is 15.1. The van der Waals surface area contributed by atoms with Crippen molar-refractivity contribution >= 4 is 17.2 Å². The molecule has 0 spiro atoms. The number of nitrogens with zero attached hydrogens (tertiary/aromatic N) is 1. The Morgan fingerprint density at radius 3 is 2.50 bits per heavy atom. The van der Waals surface area contributed by atoms with Crippen molar-refractivity contribution in [3.8, 4) is 5.75 Å². The molecule has 2 N–H and O–H groups in total. The second kappa shape index (κ2) is 8.41. The van der Waals surface area contributed by atoms with Crippen LogP contribution in [0.4, 0.5) is 5.69 Å². The third-order valence-corrected chi connectivity index (χ3v) is 5.31. The maximum absolute atomic E-state index is 13.1. The molecule has 1 heterocycles. The number of fused-ring (bicyclic) bond motifs is 1. The van der Waals surface area contributed by atoms with Gasteiger partial charge >= 0.3 is 5.97 Å². The van der Waals surface area contributed by atoms with Gasteiger partial charge in [0, 0.05) is 17.1 Å². The van der Waals surface area contributed by atoms with E-state index >= 15 is 0 Å². The van der Waals surface area contributed by atoms with Gasteiger partial charge in [0.2, 0.25) is 0 Å². The number of ether oxygens (including phenoxy) is 2. The van der Waals surface area contributed by atoms with E-state index in [1.54, 1.807) is 13.3 Å². The van der Waals surface area contributed by atoms with Gasteiger partial charge in [-0.3, -0.25) is 4.98 Å². The maximum atomic E-state index is 13.1. The van der Waals surface area contributed by atoms with E-state index in [4.69, 9.17) is 15.2 Å². The van der Waals surface area contributed by atoms with Crippen molar-refractivity contribution in [1.29, 1.82) is 0 Å². The number of hydrogen-bond acceptors (Lipinski definition) is 5. The topological polar surface area (TPSA) is 74.4 Å². The maximum Gasteiger partial charge on any atom is 0.335 e. The van der Waals surface area contributed by atoms with E-state index in [1.807, 2.05) is 67.6 Å². The predicted molar refractivity (Wildman–Crippen MR) is 117 cm³/mol. The summed E-state index contributed by atoms with van der Waals surface area (Å²) in [5, 5.41) is 0. The van der Waals surface area contributed by atoms with Crippen LogP contribution in [0.2, 0.25) is 0 Å². The molecule has 4 rings (SSSR count). The van der Waals surface area contributed by atoms with Crippen LogP contribution < -0.4 is 10.5 Å². The fraction of sp³-hybridized carbons (Fsp3) is 0.200. The van der Waals surface area contributed by atoms with Gasteiger partial charge in [-0.05, 0) is 42.7 Å². The Morgan fingerprint density at radius 1 is 1.10 bits per heavy atom. The first-order valence-corrected chi connectivity index (χ1v) is 9.97. The Bertz CT molecular complexity index is 1090. The predicted octanol–water partition coefficient (Wildman–Crippen LogP) is 4.38. The monoisotopic (exact) mass is 400 g/mol. The summed E-state index contributed by atoms with van der Waals surface area (Å²) < 4.78 is 10.7. The molecule has 1 aliphatic rings. The molecule has 0 aliphatic heterocycles. The van der Waals surface area contributed by atoms with Gasteiger partial charge in [0.15, 0.2) is 0 Å². The van der Waals surface area contributed by atoms with Gasteiger partial charge in [-0.2, -0.15) is 0 Å². The van der Waals surface area contributed by atoms with Gasteiger partial charge in [-0.25, -0.2) is 4.79 Å². The highest BCUT2D eigenvalue weighted by atomic mass is 16.5. The zero-order chi connectivity index (χ0) is 21.1. The molecule has 2 aromatic carbocycles. The molecule has 5 nitrogen and oxygen atoms in total.